The molecule has 0 aromatic carbocycles. The summed E-state index contributed by atoms with van der Waals surface area (Å²) in [5.41, 5.74) is 6.05. The predicted octanol–water partition coefficient (Wildman–Crippen LogP) is 3.21. The Balaban J connectivity index is 1.72. The van der Waals surface area contributed by atoms with Gasteiger partial charge < -0.3 is 10.2 Å². The molecule has 1 aromatic heterocycles. The monoisotopic (exact) mass is 231 g/mol. The quantitative estimate of drug-likeness (QED) is 0.849. The first-order chi connectivity index (χ1) is 8.27. The summed E-state index contributed by atoms with van der Waals surface area (Å²) in [5.74, 6) is 5.14. The predicted molar refractivity (Wildman–Crippen MR) is 66.4 cm³/mol. The lowest BCUT2D eigenvalue weighted by Gasteiger charge is -2.55. The molecule has 1 aromatic rings. The van der Waals surface area contributed by atoms with Crippen LogP contribution in [0, 0.1) is 17.8 Å². The summed E-state index contributed by atoms with van der Waals surface area (Å²) < 4.78 is 5.99. The second-order valence-corrected chi connectivity index (χ2v) is 6.67. The minimum Gasteiger partial charge on any atom is -0.464 e. The maximum absolute atomic E-state index is 5.99. The molecule has 0 radical (unpaired) electrons. The van der Waals surface area contributed by atoms with Crippen LogP contribution in [0.15, 0.2) is 16.5 Å². The van der Waals surface area contributed by atoms with Crippen molar-refractivity contribution in [3.63, 3.8) is 0 Å². The highest BCUT2D eigenvalue weighted by Crippen LogP contribution is 2.60. The van der Waals surface area contributed by atoms with E-state index in [1.807, 2.05) is 0 Å². The molecule has 2 heteroatoms. The molecule has 4 bridgehead atoms. The summed E-state index contributed by atoms with van der Waals surface area (Å²) in [6, 6.07) is 4.28. The van der Waals surface area contributed by atoms with Gasteiger partial charge in [-0.15, -0.1) is 0 Å². The van der Waals surface area contributed by atoms with E-state index in [1.165, 1.54) is 44.3 Å². The van der Waals surface area contributed by atoms with Crippen molar-refractivity contribution in [3.8, 4) is 0 Å². The van der Waals surface area contributed by atoms with Gasteiger partial charge in [0, 0.05) is 5.41 Å². The van der Waals surface area contributed by atoms with Gasteiger partial charge >= 0.3 is 0 Å². The van der Waals surface area contributed by atoms with Gasteiger partial charge in [-0.1, -0.05) is 0 Å². The SMILES string of the molecule is NCc1ccc(C23CC4CC(CC(C4)C2)C3)o1. The van der Waals surface area contributed by atoms with Crippen LogP contribution < -0.4 is 5.73 Å². The molecular weight excluding hydrogens is 210 g/mol. The van der Waals surface area contributed by atoms with Crippen molar-refractivity contribution in [2.45, 2.75) is 50.5 Å². The highest BCUT2D eigenvalue weighted by Gasteiger charge is 2.53. The molecule has 4 aliphatic rings. The second kappa shape index (κ2) is 3.38. The first-order valence-electron chi connectivity index (χ1n) is 7.07. The zero-order chi connectivity index (χ0) is 11.5. The molecule has 4 fully saturated rings. The average molecular weight is 231 g/mol. The molecular formula is C15H21NO. The zero-order valence-corrected chi connectivity index (χ0v) is 10.3. The van der Waals surface area contributed by atoms with Crippen LogP contribution in [0.2, 0.25) is 0 Å². The number of rotatable bonds is 2. The highest BCUT2D eigenvalue weighted by atomic mass is 16.3. The van der Waals surface area contributed by atoms with E-state index in [2.05, 4.69) is 12.1 Å². The molecule has 0 unspecified atom stereocenters. The molecule has 4 saturated carbocycles. The Morgan fingerprint density at radius 3 is 2.12 bits per heavy atom. The van der Waals surface area contributed by atoms with Crippen molar-refractivity contribution in [1.29, 1.82) is 0 Å². The summed E-state index contributed by atoms with van der Waals surface area (Å²) >= 11 is 0. The van der Waals surface area contributed by atoms with Gasteiger partial charge in [0.1, 0.15) is 11.5 Å². The van der Waals surface area contributed by atoms with Crippen LogP contribution in [0.3, 0.4) is 0 Å². The number of furan rings is 1. The van der Waals surface area contributed by atoms with Crippen molar-refractivity contribution >= 4 is 0 Å². The van der Waals surface area contributed by atoms with Crippen LogP contribution in [0.1, 0.15) is 50.0 Å². The third-order valence-corrected chi connectivity index (χ3v) is 5.42. The minimum atomic E-state index is 0.391. The molecule has 2 nitrogen and oxygen atoms in total. The fraction of sp³-hybridized carbons (Fsp3) is 0.733. The van der Waals surface area contributed by atoms with E-state index in [0.29, 0.717) is 12.0 Å². The molecule has 5 rings (SSSR count). The van der Waals surface area contributed by atoms with Gasteiger partial charge in [0.05, 0.1) is 6.54 Å². The molecule has 0 atom stereocenters. The molecule has 17 heavy (non-hydrogen) atoms. The normalized spacial score (nSPS) is 43.2. The number of hydrogen-bond donors (Lipinski definition) is 1. The average Bonchev–Trinajstić information content (AvgIpc) is 2.76. The third-order valence-electron chi connectivity index (χ3n) is 5.42. The van der Waals surface area contributed by atoms with Gasteiger partial charge in [-0.3, -0.25) is 0 Å². The van der Waals surface area contributed by atoms with E-state index < -0.39 is 0 Å². The molecule has 0 spiro atoms. The van der Waals surface area contributed by atoms with Gasteiger partial charge in [0.25, 0.3) is 0 Å². The summed E-state index contributed by atoms with van der Waals surface area (Å²) in [7, 11) is 0. The van der Waals surface area contributed by atoms with Gasteiger partial charge in [0.2, 0.25) is 0 Å². The summed E-state index contributed by atoms with van der Waals surface area (Å²) in [4.78, 5) is 0. The fourth-order valence-corrected chi connectivity index (χ4v) is 5.19. The Bertz CT molecular complexity index is 399. The maximum Gasteiger partial charge on any atom is 0.117 e. The summed E-state index contributed by atoms with van der Waals surface area (Å²) in [5, 5.41) is 0. The summed E-state index contributed by atoms with van der Waals surface area (Å²) in [6.07, 6.45) is 8.58. The van der Waals surface area contributed by atoms with Crippen molar-refractivity contribution in [1.82, 2.24) is 0 Å². The second-order valence-electron chi connectivity index (χ2n) is 6.67. The lowest BCUT2D eigenvalue weighted by molar-refractivity contribution is -0.0155. The van der Waals surface area contributed by atoms with E-state index in [0.717, 1.165) is 23.5 Å². The van der Waals surface area contributed by atoms with Gasteiger partial charge in [0.15, 0.2) is 0 Å². The Hall–Kier alpha value is -0.760. The molecule has 0 aliphatic heterocycles. The fourth-order valence-electron chi connectivity index (χ4n) is 5.19. The van der Waals surface area contributed by atoms with E-state index in [1.54, 1.807) is 0 Å². The summed E-state index contributed by atoms with van der Waals surface area (Å²) in [6.45, 7) is 0.534. The van der Waals surface area contributed by atoms with Crippen molar-refractivity contribution in [3.05, 3.63) is 23.7 Å². The lowest BCUT2D eigenvalue weighted by Crippen LogP contribution is -2.48. The van der Waals surface area contributed by atoms with E-state index in [4.69, 9.17) is 10.2 Å². The van der Waals surface area contributed by atoms with Crippen LogP contribution in [-0.4, -0.2) is 0 Å². The Morgan fingerprint density at radius 2 is 1.65 bits per heavy atom. The first-order valence-corrected chi connectivity index (χ1v) is 7.07. The van der Waals surface area contributed by atoms with Crippen molar-refractivity contribution in [2.24, 2.45) is 23.5 Å². The van der Waals surface area contributed by atoms with Crippen LogP contribution >= 0.6 is 0 Å². The smallest absolute Gasteiger partial charge is 0.117 e. The molecule has 2 N–H and O–H groups in total. The van der Waals surface area contributed by atoms with Crippen LogP contribution in [-0.2, 0) is 12.0 Å². The Morgan fingerprint density at radius 1 is 1.06 bits per heavy atom. The van der Waals surface area contributed by atoms with E-state index >= 15 is 0 Å². The van der Waals surface area contributed by atoms with E-state index in [-0.39, 0.29) is 0 Å². The maximum atomic E-state index is 5.99. The zero-order valence-electron chi connectivity index (χ0n) is 10.3. The topological polar surface area (TPSA) is 39.2 Å². The van der Waals surface area contributed by atoms with Gasteiger partial charge in [-0.05, 0) is 68.4 Å². The van der Waals surface area contributed by atoms with Crippen LogP contribution in [0.4, 0.5) is 0 Å². The standard InChI is InChI=1S/C15H21NO/c16-9-13-1-2-14(17-13)15-6-10-3-11(7-15)5-12(4-10)8-15/h1-2,10-12H,3-9,16H2. The van der Waals surface area contributed by atoms with Crippen molar-refractivity contribution in [2.75, 3.05) is 0 Å². The molecule has 0 amide bonds. The van der Waals surface area contributed by atoms with Gasteiger partial charge in [-0.2, -0.15) is 0 Å². The van der Waals surface area contributed by atoms with Crippen LogP contribution in [0.25, 0.3) is 0 Å². The lowest BCUT2D eigenvalue weighted by atomic mass is 9.49. The third kappa shape index (κ3) is 1.43. The van der Waals surface area contributed by atoms with Crippen LogP contribution in [0.5, 0.6) is 0 Å². The number of hydrogen-bond acceptors (Lipinski definition) is 2. The largest absolute Gasteiger partial charge is 0.464 e. The Labute approximate surface area is 103 Å². The molecule has 4 aliphatic carbocycles. The van der Waals surface area contributed by atoms with E-state index in [9.17, 15) is 0 Å². The first kappa shape index (κ1) is 10.2. The highest BCUT2D eigenvalue weighted by molar-refractivity contribution is 5.22. The number of nitrogens with two attached hydrogens (primary N) is 1. The van der Waals surface area contributed by atoms with Gasteiger partial charge in [-0.25, -0.2) is 0 Å². The molecule has 92 valence electrons. The molecule has 1 heterocycles. The minimum absolute atomic E-state index is 0.391. The van der Waals surface area contributed by atoms with Crippen molar-refractivity contribution < 1.29 is 4.42 Å². The Kier molecular flexibility index (Phi) is 2.03. The molecule has 0 saturated heterocycles.